The van der Waals surface area contributed by atoms with Crippen LogP contribution in [0, 0.1) is 0 Å². The predicted octanol–water partition coefficient (Wildman–Crippen LogP) is 2.34. The smallest absolute Gasteiger partial charge is 0.165 e. The van der Waals surface area contributed by atoms with Gasteiger partial charge in [0.1, 0.15) is 6.10 Å². The molecule has 0 heterocycles. The molecule has 12 heavy (non-hydrogen) atoms. The number of hydrogen-bond acceptors (Lipinski definition) is 2. The third-order valence-corrected chi connectivity index (χ3v) is 1.62. The summed E-state index contributed by atoms with van der Waals surface area (Å²) in [6, 6.07) is 0. The van der Waals surface area contributed by atoms with Crippen LogP contribution >= 0.6 is 0 Å². The molecule has 0 aromatic rings. The summed E-state index contributed by atoms with van der Waals surface area (Å²) in [7, 11) is 0. The van der Waals surface area contributed by atoms with Gasteiger partial charge in [-0.2, -0.15) is 0 Å². The molecular weight excluding hydrogens is 152 g/mol. The number of ketones is 1. The van der Waals surface area contributed by atoms with E-state index in [0.717, 1.165) is 12.8 Å². The lowest BCUT2D eigenvalue weighted by molar-refractivity contribution is -0.129. The summed E-state index contributed by atoms with van der Waals surface area (Å²) in [5.74, 6) is 0.147. The van der Waals surface area contributed by atoms with Crippen molar-refractivity contribution in [2.24, 2.45) is 0 Å². The number of hydrogen-bond donors (Lipinski definition) is 0. The average molecular weight is 170 g/mol. The fourth-order valence-corrected chi connectivity index (χ4v) is 1.07. The highest BCUT2D eigenvalue weighted by Crippen LogP contribution is 2.05. The van der Waals surface area contributed by atoms with E-state index in [9.17, 15) is 4.79 Å². The number of ether oxygens (including phenoxy) is 1. The van der Waals surface area contributed by atoms with Crippen LogP contribution in [-0.4, -0.2) is 18.5 Å². The minimum absolute atomic E-state index is 0.147. The van der Waals surface area contributed by atoms with Crippen LogP contribution in [-0.2, 0) is 9.53 Å². The Labute approximate surface area is 74.6 Å². The lowest BCUT2D eigenvalue weighted by Crippen LogP contribution is -2.23. The third-order valence-electron chi connectivity index (χ3n) is 1.62. The largest absolute Gasteiger partial charge is 0.371 e. The maximum atomic E-state index is 11.3. The lowest BCUT2D eigenvalue weighted by atomic mass is 10.1. The number of rotatable bonds is 7. The van der Waals surface area contributed by atoms with E-state index in [2.05, 4.69) is 6.58 Å². The van der Waals surface area contributed by atoms with Crippen LogP contribution in [0.1, 0.15) is 33.1 Å². The Kier molecular flexibility index (Phi) is 6.67. The van der Waals surface area contributed by atoms with Gasteiger partial charge in [-0.1, -0.05) is 19.4 Å². The Hall–Kier alpha value is -0.630. The van der Waals surface area contributed by atoms with Crippen LogP contribution < -0.4 is 0 Å². The minimum atomic E-state index is -0.210. The Morgan fingerprint density at radius 3 is 2.67 bits per heavy atom. The van der Waals surface area contributed by atoms with Crippen LogP contribution in [0.3, 0.4) is 0 Å². The summed E-state index contributed by atoms with van der Waals surface area (Å²) in [4.78, 5) is 11.3. The second-order valence-corrected chi connectivity index (χ2v) is 2.69. The molecule has 0 aromatic carbocycles. The predicted molar refractivity (Wildman–Crippen MR) is 50.1 cm³/mol. The highest BCUT2D eigenvalue weighted by molar-refractivity contribution is 5.84. The van der Waals surface area contributed by atoms with Gasteiger partial charge in [-0.15, -0.1) is 6.58 Å². The van der Waals surface area contributed by atoms with Gasteiger partial charge in [-0.25, -0.2) is 0 Å². The quantitative estimate of drug-likeness (QED) is 0.548. The summed E-state index contributed by atoms with van der Waals surface area (Å²) in [5, 5.41) is 0. The molecule has 0 amide bonds. The molecule has 1 unspecified atom stereocenters. The summed E-state index contributed by atoms with van der Waals surface area (Å²) >= 11 is 0. The highest BCUT2D eigenvalue weighted by Gasteiger charge is 2.15. The van der Waals surface area contributed by atoms with Crippen molar-refractivity contribution in [2.75, 3.05) is 6.61 Å². The van der Waals surface area contributed by atoms with E-state index in [0.29, 0.717) is 13.0 Å². The highest BCUT2D eigenvalue weighted by atomic mass is 16.5. The lowest BCUT2D eigenvalue weighted by Gasteiger charge is -2.13. The van der Waals surface area contributed by atoms with Gasteiger partial charge in [0, 0.05) is 13.0 Å². The van der Waals surface area contributed by atoms with Crippen molar-refractivity contribution in [1.82, 2.24) is 0 Å². The second-order valence-electron chi connectivity index (χ2n) is 2.69. The van der Waals surface area contributed by atoms with E-state index in [-0.39, 0.29) is 11.9 Å². The van der Waals surface area contributed by atoms with E-state index in [1.54, 1.807) is 6.08 Å². The molecular formula is C10H18O2. The molecule has 2 nitrogen and oxygen atoms in total. The van der Waals surface area contributed by atoms with E-state index in [4.69, 9.17) is 4.74 Å². The second kappa shape index (κ2) is 7.04. The van der Waals surface area contributed by atoms with E-state index in [1.807, 2.05) is 13.8 Å². The molecule has 0 aliphatic carbocycles. The van der Waals surface area contributed by atoms with E-state index >= 15 is 0 Å². The molecule has 0 aromatic heterocycles. The maximum absolute atomic E-state index is 11.3. The number of allylic oxidation sites excluding steroid dienone is 1. The van der Waals surface area contributed by atoms with Gasteiger partial charge in [0.05, 0.1) is 0 Å². The zero-order valence-electron chi connectivity index (χ0n) is 8.01. The summed E-state index contributed by atoms with van der Waals surface area (Å²) in [6.45, 7) is 8.09. The Morgan fingerprint density at radius 1 is 1.58 bits per heavy atom. The fraction of sp³-hybridized carbons (Fsp3) is 0.700. The number of carbonyl (C=O) groups excluding carboxylic acids is 1. The van der Waals surface area contributed by atoms with Crippen molar-refractivity contribution in [2.45, 2.75) is 39.2 Å². The Bertz CT molecular complexity index is 135. The molecule has 70 valence electrons. The van der Waals surface area contributed by atoms with E-state index < -0.39 is 0 Å². The van der Waals surface area contributed by atoms with Crippen LogP contribution in [0.15, 0.2) is 12.7 Å². The molecule has 0 saturated heterocycles. The first kappa shape index (κ1) is 11.4. The van der Waals surface area contributed by atoms with Gasteiger partial charge in [-0.05, 0) is 13.3 Å². The standard InChI is InChI=1S/C10H18O2/c1-4-7-9(11)10(8-5-2)12-6-3/h4,10H,1,5-8H2,2-3H3. The van der Waals surface area contributed by atoms with Gasteiger partial charge in [0.25, 0.3) is 0 Å². The van der Waals surface area contributed by atoms with Crippen LogP contribution in [0.25, 0.3) is 0 Å². The van der Waals surface area contributed by atoms with E-state index in [1.165, 1.54) is 0 Å². The molecule has 0 N–H and O–H groups in total. The Balaban J connectivity index is 3.89. The number of carbonyl (C=O) groups is 1. The monoisotopic (exact) mass is 170 g/mol. The summed E-state index contributed by atoms with van der Waals surface area (Å²) in [6.07, 6.45) is 3.64. The Morgan fingerprint density at radius 2 is 2.25 bits per heavy atom. The average Bonchev–Trinajstić information content (AvgIpc) is 2.04. The topological polar surface area (TPSA) is 26.3 Å². The summed E-state index contributed by atoms with van der Waals surface area (Å²) < 4.78 is 5.30. The zero-order valence-corrected chi connectivity index (χ0v) is 8.01. The van der Waals surface area contributed by atoms with Crippen molar-refractivity contribution >= 4 is 5.78 Å². The molecule has 0 radical (unpaired) electrons. The molecule has 0 spiro atoms. The molecule has 0 saturated carbocycles. The van der Waals surface area contributed by atoms with Crippen LogP contribution in [0.4, 0.5) is 0 Å². The normalized spacial score (nSPS) is 12.5. The van der Waals surface area contributed by atoms with Crippen molar-refractivity contribution in [1.29, 1.82) is 0 Å². The maximum Gasteiger partial charge on any atom is 0.165 e. The third kappa shape index (κ3) is 4.29. The first-order valence-electron chi connectivity index (χ1n) is 4.51. The molecule has 0 bridgehead atoms. The van der Waals surface area contributed by atoms with Crippen LogP contribution in [0.2, 0.25) is 0 Å². The van der Waals surface area contributed by atoms with Crippen molar-refractivity contribution in [3.63, 3.8) is 0 Å². The van der Waals surface area contributed by atoms with Gasteiger partial charge < -0.3 is 4.74 Å². The van der Waals surface area contributed by atoms with Gasteiger partial charge in [-0.3, -0.25) is 4.79 Å². The molecule has 0 aliphatic rings. The molecule has 0 fully saturated rings. The van der Waals surface area contributed by atoms with Crippen molar-refractivity contribution in [3.8, 4) is 0 Å². The van der Waals surface area contributed by atoms with Crippen LogP contribution in [0.5, 0.6) is 0 Å². The summed E-state index contributed by atoms with van der Waals surface area (Å²) in [5.41, 5.74) is 0. The van der Waals surface area contributed by atoms with Gasteiger partial charge in [0.15, 0.2) is 5.78 Å². The fourth-order valence-electron chi connectivity index (χ4n) is 1.07. The van der Waals surface area contributed by atoms with Crippen molar-refractivity contribution in [3.05, 3.63) is 12.7 Å². The zero-order chi connectivity index (χ0) is 9.40. The first-order chi connectivity index (χ1) is 5.76. The van der Waals surface area contributed by atoms with Gasteiger partial charge in [0.2, 0.25) is 0 Å². The molecule has 2 heteroatoms. The molecule has 0 rings (SSSR count). The van der Waals surface area contributed by atoms with Gasteiger partial charge >= 0.3 is 0 Å². The minimum Gasteiger partial charge on any atom is -0.371 e. The SMILES string of the molecule is C=CCC(=O)C(CCC)OCC. The van der Waals surface area contributed by atoms with Crippen molar-refractivity contribution < 1.29 is 9.53 Å². The molecule has 0 aliphatic heterocycles. The molecule has 1 atom stereocenters. The first-order valence-corrected chi connectivity index (χ1v) is 4.51. The number of Topliss-reactive ketones (excluding diaryl/α,β-unsaturated/α-hetero) is 1.